The quantitative estimate of drug-likeness (QED) is 0.515. The van der Waals surface area contributed by atoms with Crippen LogP contribution in [0.3, 0.4) is 0 Å². The van der Waals surface area contributed by atoms with Crippen molar-refractivity contribution < 1.29 is 9.84 Å². The Kier molecular flexibility index (Phi) is 6.76. The minimum Gasteiger partial charge on any atom is -0.487 e. The van der Waals surface area contributed by atoms with Gasteiger partial charge in [-0.15, -0.1) is 0 Å². The number of nitrogens with zero attached hydrogens (tertiary/aromatic N) is 2. The molecule has 0 bridgehead atoms. The number of aromatic nitrogens is 1. The SMILES string of the molecule is CN(CCCCc1c[nH]c2ccc(C#N)cc12)CCNC1=CCC2OC(CO)=CC2=C1. The molecule has 1 aliphatic carbocycles. The molecule has 1 aromatic carbocycles. The van der Waals surface area contributed by atoms with Gasteiger partial charge in [0.1, 0.15) is 18.5 Å². The first-order valence-corrected chi connectivity index (χ1v) is 11.0. The molecule has 0 saturated heterocycles. The lowest BCUT2D eigenvalue weighted by Gasteiger charge is -2.20. The number of benzene rings is 1. The number of fused-ring (bicyclic) bond motifs is 2. The zero-order chi connectivity index (χ0) is 21.6. The highest BCUT2D eigenvalue weighted by molar-refractivity contribution is 5.84. The minimum atomic E-state index is -0.0391. The molecule has 2 heterocycles. The van der Waals surface area contributed by atoms with Gasteiger partial charge in [-0.05, 0) is 74.3 Å². The van der Waals surface area contributed by atoms with Crippen LogP contribution in [-0.4, -0.2) is 54.4 Å². The number of aromatic amines is 1. The van der Waals surface area contributed by atoms with E-state index in [1.54, 1.807) is 0 Å². The molecule has 1 aliphatic heterocycles. The number of nitrogens with one attached hydrogen (secondary N) is 2. The summed E-state index contributed by atoms with van der Waals surface area (Å²) in [5, 5.41) is 23.0. The molecule has 0 saturated carbocycles. The van der Waals surface area contributed by atoms with Crippen molar-refractivity contribution in [2.75, 3.05) is 33.3 Å². The second-order valence-electron chi connectivity index (χ2n) is 8.29. The monoisotopic (exact) mass is 418 g/mol. The number of allylic oxidation sites excluding steroid dienone is 1. The number of hydrogen-bond acceptors (Lipinski definition) is 5. The summed E-state index contributed by atoms with van der Waals surface area (Å²) < 4.78 is 5.67. The van der Waals surface area contributed by atoms with Crippen LogP contribution in [0, 0.1) is 11.3 Å². The van der Waals surface area contributed by atoms with Crippen LogP contribution < -0.4 is 5.32 Å². The summed E-state index contributed by atoms with van der Waals surface area (Å²) in [7, 11) is 2.16. The fourth-order valence-electron chi connectivity index (χ4n) is 4.22. The lowest BCUT2D eigenvalue weighted by molar-refractivity contribution is 0.131. The fourth-order valence-corrected chi connectivity index (χ4v) is 4.22. The molecule has 0 spiro atoms. The van der Waals surface area contributed by atoms with Gasteiger partial charge in [-0.3, -0.25) is 0 Å². The minimum absolute atomic E-state index is 0.0391. The Bertz CT molecular complexity index is 1060. The average molecular weight is 419 g/mol. The molecular formula is C25H30N4O2. The zero-order valence-electron chi connectivity index (χ0n) is 18.0. The van der Waals surface area contributed by atoms with Crippen molar-refractivity contribution in [3.05, 3.63) is 70.8 Å². The summed E-state index contributed by atoms with van der Waals surface area (Å²) in [6.45, 7) is 2.90. The van der Waals surface area contributed by atoms with Crippen molar-refractivity contribution in [2.45, 2.75) is 31.8 Å². The number of unbranched alkanes of at least 4 members (excludes halogenated alkanes) is 1. The number of H-pyrrole nitrogens is 1. The molecule has 1 aromatic heterocycles. The van der Waals surface area contributed by atoms with Crippen molar-refractivity contribution in [1.82, 2.24) is 15.2 Å². The molecule has 0 amide bonds. The Balaban J connectivity index is 1.16. The summed E-state index contributed by atoms with van der Waals surface area (Å²) >= 11 is 0. The predicted octanol–water partition coefficient (Wildman–Crippen LogP) is 3.37. The van der Waals surface area contributed by atoms with Gasteiger partial charge in [0.05, 0.1) is 11.6 Å². The Labute approximate surface area is 183 Å². The second kappa shape index (κ2) is 9.86. The maximum absolute atomic E-state index is 9.22. The first-order chi connectivity index (χ1) is 15.2. The van der Waals surface area contributed by atoms with Crippen LogP contribution in [0.2, 0.25) is 0 Å². The van der Waals surface area contributed by atoms with Crippen molar-refractivity contribution in [2.24, 2.45) is 0 Å². The topological polar surface area (TPSA) is 84.3 Å². The lowest BCUT2D eigenvalue weighted by atomic mass is 10.0. The highest BCUT2D eigenvalue weighted by Crippen LogP contribution is 2.29. The van der Waals surface area contributed by atoms with Gasteiger partial charge in [0, 0.05) is 42.3 Å². The molecule has 3 N–H and O–H groups in total. The zero-order valence-corrected chi connectivity index (χ0v) is 18.0. The van der Waals surface area contributed by atoms with E-state index in [0.29, 0.717) is 11.3 Å². The average Bonchev–Trinajstić information content (AvgIpc) is 3.39. The Hall–Kier alpha value is -3.01. The van der Waals surface area contributed by atoms with E-state index in [2.05, 4.69) is 46.7 Å². The standard InChI is InChI=1S/C25H30N4O2/c1-29(11-9-27-21-6-8-25-20(13-21)14-22(17-30)31-25)10-3-2-4-19-16-28-24-7-5-18(15-26)12-23(19)24/h5-7,12-14,16,25,27-28,30H,2-4,8-11,17H2,1H3. The number of aliphatic hydroxyl groups excluding tert-OH is 1. The van der Waals surface area contributed by atoms with E-state index in [-0.39, 0.29) is 12.7 Å². The highest BCUT2D eigenvalue weighted by Gasteiger charge is 2.24. The molecule has 6 heteroatoms. The molecular weight excluding hydrogens is 388 g/mol. The molecule has 31 heavy (non-hydrogen) atoms. The third-order valence-electron chi connectivity index (χ3n) is 5.98. The van der Waals surface area contributed by atoms with Gasteiger partial charge in [0.2, 0.25) is 0 Å². The summed E-state index contributed by atoms with van der Waals surface area (Å²) in [6.07, 6.45) is 12.5. The summed E-state index contributed by atoms with van der Waals surface area (Å²) in [6, 6.07) is 8.04. The van der Waals surface area contributed by atoms with Crippen LogP contribution in [0.25, 0.3) is 10.9 Å². The van der Waals surface area contributed by atoms with E-state index < -0.39 is 0 Å². The van der Waals surface area contributed by atoms with Crippen LogP contribution in [0.1, 0.15) is 30.4 Å². The first kappa shape index (κ1) is 21.2. The molecule has 6 nitrogen and oxygen atoms in total. The van der Waals surface area contributed by atoms with Crippen LogP contribution in [-0.2, 0) is 11.2 Å². The van der Waals surface area contributed by atoms with Crippen LogP contribution >= 0.6 is 0 Å². The summed E-state index contributed by atoms with van der Waals surface area (Å²) in [4.78, 5) is 5.66. The van der Waals surface area contributed by atoms with Crippen molar-refractivity contribution in [3.8, 4) is 6.07 Å². The van der Waals surface area contributed by atoms with Crippen LogP contribution in [0.5, 0.6) is 0 Å². The Morgan fingerprint density at radius 2 is 2.19 bits per heavy atom. The van der Waals surface area contributed by atoms with E-state index in [1.807, 2.05) is 24.3 Å². The van der Waals surface area contributed by atoms with Crippen LogP contribution in [0.15, 0.2) is 59.7 Å². The van der Waals surface area contributed by atoms with E-state index in [9.17, 15) is 5.11 Å². The normalized spacial score (nSPS) is 17.6. The van der Waals surface area contributed by atoms with Crippen LogP contribution in [0.4, 0.5) is 0 Å². The number of ether oxygens (including phenoxy) is 1. The molecule has 2 aromatic rings. The number of rotatable bonds is 10. The fraction of sp³-hybridized carbons (Fsp3) is 0.400. The largest absolute Gasteiger partial charge is 0.487 e. The third kappa shape index (κ3) is 5.19. The second-order valence-corrected chi connectivity index (χ2v) is 8.29. The third-order valence-corrected chi connectivity index (χ3v) is 5.98. The summed E-state index contributed by atoms with van der Waals surface area (Å²) in [5.41, 5.74) is 5.38. The molecule has 4 rings (SSSR count). The van der Waals surface area contributed by atoms with E-state index >= 15 is 0 Å². The molecule has 2 aliphatic rings. The maximum atomic E-state index is 9.22. The maximum Gasteiger partial charge on any atom is 0.127 e. The molecule has 1 atom stereocenters. The number of aliphatic hydroxyl groups is 1. The molecule has 0 fully saturated rings. The lowest BCUT2D eigenvalue weighted by Crippen LogP contribution is -2.30. The van der Waals surface area contributed by atoms with Gasteiger partial charge in [0.15, 0.2) is 0 Å². The first-order valence-electron chi connectivity index (χ1n) is 11.0. The number of nitriles is 1. The Morgan fingerprint density at radius 1 is 1.29 bits per heavy atom. The predicted molar refractivity (Wildman–Crippen MR) is 122 cm³/mol. The van der Waals surface area contributed by atoms with Gasteiger partial charge < -0.3 is 25.0 Å². The van der Waals surface area contributed by atoms with Gasteiger partial charge in [-0.25, -0.2) is 0 Å². The van der Waals surface area contributed by atoms with Gasteiger partial charge >= 0.3 is 0 Å². The van der Waals surface area contributed by atoms with Gasteiger partial charge in [-0.1, -0.05) is 6.08 Å². The van der Waals surface area contributed by atoms with Crippen molar-refractivity contribution >= 4 is 10.9 Å². The number of likely N-dealkylation sites (N-methyl/N-ethyl adjacent to an activating group) is 1. The molecule has 0 radical (unpaired) electrons. The summed E-state index contributed by atoms with van der Waals surface area (Å²) in [5.74, 6) is 0.656. The van der Waals surface area contributed by atoms with E-state index in [1.165, 1.54) is 10.9 Å². The van der Waals surface area contributed by atoms with E-state index in [4.69, 9.17) is 10.00 Å². The van der Waals surface area contributed by atoms with Crippen molar-refractivity contribution in [3.63, 3.8) is 0 Å². The highest BCUT2D eigenvalue weighted by atomic mass is 16.5. The smallest absolute Gasteiger partial charge is 0.127 e. The molecule has 162 valence electrons. The van der Waals surface area contributed by atoms with E-state index in [0.717, 1.165) is 62.1 Å². The van der Waals surface area contributed by atoms with Gasteiger partial charge in [0.25, 0.3) is 0 Å². The van der Waals surface area contributed by atoms with Gasteiger partial charge in [-0.2, -0.15) is 5.26 Å². The Morgan fingerprint density at radius 3 is 3.03 bits per heavy atom. The van der Waals surface area contributed by atoms with Crippen molar-refractivity contribution in [1.29, 1.82) is 5.26 Å². The molecule has 1 unspecified atom stereocenters. The number of hydrogen-bond donors (Lipinski definition) is 3. The number of aryl methyl sites for hydroxylation is 1.